The van der Waals surface area contributed by atoms with E-state index < -0.39 is 11.8 Å². The highest BCUT2D eigenvalue weighted by Crippen LogP contribution is 2.34. The molecule has 0 aliphatic heterocycles. The molecule has 0 bridgehead atoms. The Bertz CT molecular complexity index is 791. The Kier molecular flexibility index (Phi) is 6.83. The van der Waals surface area contributed by atoms with Gasteiger partial charge in [-0.3, -0.25) is 14.4 Å². The number of carbonyl (C=O) groups is 3. The molecular weight excluding hydrogens is 406 g/mol. The zero-order valence-electron chi connectivity index (χ0n) is 13.7. The number of amides is 2. The first-order chi connectivity index (χ1) is 12.0. The van der Waals surface area contributed by atoms with E-state index in [-0.39, 0.29) is 10.9 Å². The van der Waals surface area contributed by atoms with Crippen LogP contribution in [0.2, 0.25) is 0 Å². The van der Waals surface area contributed by atoms with Gasteiger partial charge in [-0.25, -0.2) is 9.88 Å². The van der Waals surface area contributed by atoms with Crippen LogP contribution in [0.3, 0.4) is 0 Å². The SMILES string of the molecule is CCCCCC(=O)c1ccccc1N(C(=O)C(N)=O)c1ncc(Br)s1. The van der Waals surface area contributed by atoms with Crippen LogP contribution >= 0.6 is 27.3 Å². The van der Waals surface area contributed by atoms with E-state index in [1.807, 2.05) is 0 Å². The van der Waals surface area contributed by atoms with Gasteiger partial charge in [-0.2, -0.15) is 0 Å². The molecular formula is C17H18BrN3O3S. The number of rotatable bonds is 7. The molecule has 6 nitrogen and oxygen atoms in total. The van der Waals surface area contributed by atoms with Gasteiger partial charge in [0, 0.05) is 12.0 Å². The number of carbonyl (C=O) groups excluding carboxylic acids is 3. The quantitative estimate of drug-likeness (QED) is 0.416. The van der Waals surface area contributed by atoms with Gasteiger partial charge in [0.25, 0.3) is 0 Å². The van der Waals surface area contributed by atoms with Gasteiger partial charge >= 0.3 is 11.8 Å². The molecule has 8 heteroatoms. The lowest BCUT2D eigenvalue weighted by Gasteiger charge is -2.21. The van der Waals surface area contributed by atoms with Gasteiger partial charge in [0.15, 0.2) is 10.9 Å². The van der Waals surface area contributed by atoms with Crippen molar-refractivity contribution in [2.45, 2.75) is 32.6 Å². The van der Waals surface area contributed by atoms with E-state index in [0.717, 1.165) is 24.2 Å². The molecule has 0 fully saturated rings. The number of nitrogens with two attached hydrogens (primary N) is 1. The number of Topliss-reactive ketones (excluding diaryl/α,β-unsaturated/α-hetero) is 1. The van der Waals surface area contributed by atoms with Crippen molar-refractivity contribution in [1.82, 2.24) is 4.98 Å². The minimum atomic E-state index is -1.11. The Morgan fingerprint density at radius 2 is 1.96 bits per heavy atom. The zero-order valence-corrected chi connectivity index (χ0v) is 16.1. The van der Waals surface area contributed by atoms with Crippen LogP contribution in [0.4, 0.5) is 10.8 Å². The average molecular weight is 424 g/mol. The second kappa shape index (κ2) is 8.87. The molecule has 0 aliphatic carbocycles. The number of anilines is 2. The first kappa shape index (κ1) is 19.3. The normalized spacial score (nSPS) is 10.5. The number of benzene rings is 1. The maximum Gasteiger partial charge on any atom is 0.322 e. The predicted molar refractivity (Wildman–Crippen MR) is 101 cm³/mol. The minimum Gasteiger partial charge on any atom is -0.361 e. The van der Waals surface area contributed by atoms with Gasteiger partial charge in [-0.1, -0.05) is 43.2 Å². The molecule has 0 saturated heterocycles. The van der Waals surface area contributed by atoms with Crippen molar-refractivity contribution >= 4 is 55.7 Å². The lowest BCUT2D eigenvalue weighted by molar-refractivity contribution is -0.135. The number of hydrogen-bond donors (Lipinski definition) is 1. The third kappa shape index (κ3) is 4.73. The highest BCUT2D eigenvalue weighted by molar-refractivity contribution is 9.11. The van der Waals surface area contributed by atoms with Crippen molar-refractivity contribution in [2.24, 2.45) is 5.73 Å². The maximum absolute atomic E-state index is 12.6. The molecule has 2 aromatic rings. The Morgan fingerprint density at radius 3 is 2.56 bits per heavy atom. The molecule has 2 rings (SSSR count). The highest BCUT2D eigenvalue weighted by atomic mass is 79.9. The van der Waals surface area contributed by atoms with Crippen LogP contribution in [-0.4, -0.2) is 22.6 Å². The number of primary amides is 1. The summed E-state index contributed by atoms with van der Waals surface area (Å²) in [6.07, 6.45) is 4.64. The lowest BCUT2D eigenvalue weighted by atomic mass is 10.0. The number of hydrogen-bond acceptors (Lipinski definition) is 5. The summed E-state index contributed by atoms with van der Waals surface area (Å²) in [7, 11) is 0. The van der Waals surface area contributed by atoms with Crippen molar-refractivity contribution in [2.75, 3.05) is 4.90 Å². The molecule has 0 radical (unpaired) electrons. The van der Waals surface area contributed by atoms with E-state index in [1.54, 1.807) is 24.3 Å². The summed E-state index contributed by atoms with van der Waals surface area (Å²) in [6.45, 7) is 2.06. The third-order valence-corrected chi connectivity index (χ3v) is 4.98. The van der Waals surface area contributed by atoms with Crippen LogP contribution in [0.15, 0.2) is 34.2 Å². The fourth-order valence-corrected chi connectivity index (χ4v) is 3.53. The predicted octanol–water partition coefficient (Wildman–Crippen LogP) is 3.82. The van der Waals surface area contributed by atoms with E-state index in [4.69, 9.17) is 5.73 Å². The smallest absolute Gasteiger partial charge is 0.322 e. The average Bonchev–Trinajstić information content (AvgIpc) is 3.01. The molecule has 0 atom stereocenters. The second-order valence-corrected chi connectivity index (χ2v) is 7.74. The zero-order chi connectivity index (χ0) is 18.4. The molecule has 1 heterocycles. The first-order valence-corrected chi connectivity index (χ1v) is 9.44. The number of ketones is 1. The number of thiazole rings is 1. The highest BCUT2D eigenvalue weighted by Gasteiger charge is 2.28. The summed E-state index contributed by atoms with van der Waals surface area (Å²) >= 11 is 4.45. The maximum atomic E-state index is 12.6. The van der Waals surface area contributed by atoms with Gasteiger partial charge in [-0.05, 0) is 34.5 Å². The van der Waals surface area contributed by atoms with E-state index in [0.29, 0.717) is 21.5 Å². The minimum absolute atomic E-state index is 0.0815. The molecule has 1 aromatic carbocycles. The van der Waals surface area contributed by atoms with E-state index in [1.165, 1.54) is 17.5 Å². The molecule has 2 amide bonds. The van der Waals surface area contributed by atoms with Gasteiger partial charge in [0.2, 0.25) is 0 Å². The number of aromatic nitrogens is 1. The number of halogens is 1. The second-order valence-electron chi connectivity index (χ2n) is 5.35. The van der Waals surface area contributed by atoms with Crippen LogP contribution in [0.25, 0.3) is 0 Å². The largest absolute Gasteiger partial charge is 0.361 e. The molecule has 0 unspecified atom stereocenters. The van der Waals surface area contributed by atoms with Crippen molar-refractivity contribution in [3.8, 4) is 0 Å². The van der Waals surface area contributed by atoms with Crippen LogP contribution in [0.1, 0.15) is 43.0 Å². The Hall–Kier alpha value is -2.06. The lowest BCUT2D eigenvalue weighted by Crippen LogP contribution is -2.38. The molecule has 25 heavy (non-hydrogen) atoms. The Labute approximate surface area is 158 Å². The molecule has 0 aliphatic rings. The van der Waals surface area contributed by atoms with E-state index >= 15 is 0 Å². The number of para-hydroxylation sites is 1. The standard InChI is InChI=1S/C17H18BrN3O3S/c1-2-3-4-9-13(22)11-7-5-6-8-12(11)21(16(24)15(19)23)17-20-10-14(18)25-17/h5-8,10H,2-4,9H2,1H3,(H2,19,23). The first-order valence-electron chi connectivity index (χ1n) is 7.83. The van der Waals surface area contributed by atoms with Gasteiger partial charge in [-0.15, -0.1) is 0 Å². The fourth-order valence-electron chi connectivity index (χ4n) is 2.33. The van der Waals surface area contributed by atoms with Gasteiger partial charge in [0.1, 0.15) is 0 Å². The van der Waals surface area contributed by atoms with Crippen LogP contribution in [0.5, 0.6) is 0 Å². The Morgan fingerprint density at radius 1 is 1.24 bits per heavy atom. The summed E-state index contributed by atoms with van der Waals surface area (Å²) in [6, 6.07) is 6.68. The summed E-state index contributed by atoms with van der Waals surface area (Å²) in [5.41, 5.74) is 5.88. The van der Waals surface area contributed by atoms with Crippen molar-refractivity contribution in [3.05, 3.63) is 39.8 Å². The molecule has 0 spiro atoms. The summed E-state index contributed by atoms with van der Waals surface area (Å²) in [5.74, 6) is -2.13. The molecule has 2 N–H and O–H groups in total. The van der Waals surface area contributed by atoms with Crippen molar-refractivity contribution in [3.63, 3.8) is 0 Å². The fraction of sp³-hybridized carbons (Fsp3) is 0.294. The van der Waals surface area contributed by atoms with Crippen molar-refractivity contribution < 1.29 is 14.4 Å². The van der Waals surface area contributed by atoms with Crippen LogP contribution in [-0.2, 0) is 9.59 Å². The Balaban J connectivity index is 2.46. The van der Waals surface area contributed by atoms with E-state index in [9.17, 15) is 14.4 Å². The number of unbranched alkanes of at least 4 members (excludes halogenated alkanes) is 2. The number of nitrogens with zero attached hydrogens (tertiary/aromatic N) is 2. The molecule has 132 valence electrons. The van der Waals surface area contributed by atoms with E-state index in [2.05, 4.69) is 27.8 Å². The monoisotopic (exact) mass is 423 g/mol. The molecule has 1 aromatic heterocycles. The molecule has 0 saturated carbocycles. The summed E-state index contributed by atoms with van der Waals surface area (Å²) in [5, 5.41) is 0.268. The summed E-state index contributed by atoms with van der Waals surface area (Å²) < 4.78 is 0.691. The van der Waals surface area contributed by atoms with Crippen LogP contribution in [0, 0.1) is 0 Å². The van der Waals surface area contributed by atoms with Gasteiger partial charge in [0.05, 0.1) is 15.7 Å². The summed E-state index contributed by atoms with van der Waals surface area (Å²) in [4.78, 5) is 41.7. The van der Waals surface area contributed by atoms with Gasteiger partial charge < -0.3 is 5.73 Å². The van der Waals surface area contributed by atoms with Crippen LogP contribution < -0.4 is 10.6 Å². The third-order valence-electron chi connectivity index (χ3n) is 3.52. The van der Waals surface area contributed by atoms with Crippen molar-refractivity contribution in [1.29, 1.82) is 0 Å². The topological polar surface area (TPSA) is 93.4 Å².